The van der Waals surface area contributed by atoms with Crippen LogP contribution in [-0.4, -0.2) is 41.6 Å². The normalized spacial score (nSPS) is 19.2. The molecule has 3 rings (SSSR count). The Morgan fingerprint density at radius 2 is 2.00 bits per heavy atom. The van der Waals surface area contributed by atoms with Gasteiger partial charge in [0, 0.05) is 13.1 Å². The summed E-state index contributed by atoms with van der Waals surface area (Å²) in [5.41, 5.74) is 1.70. The number of amides is 1. The first-order valence-electron chi connectivity index (χ1n) is 10.4. The van der Waals surface area contributed by atoms with Crippen LogP contribution in [0.2, 0.25) is 0 Å². The molecule has 6 heteroatoms. The third-order valence-electron chi connectivity index (χ3n) is 5.78. The lowest BCUT2D eigenvalue weighted by atomic mass is 9.75. The van der Waals surface area contributed by atoms with Crippen molar-refractivity contribution in [3.63, 3.8) is 0 Å². The quantitative estimate of drug-likeness (QED) is 0.657. The van der Waals surface area contributed by atoms with Gasteiger partial charge < -0.3 is 14.2 Å². The number of likely N-dealkylation sites (tertiary alicyclic amines) is 1. The van der Waals surface area contributed by atoms with Crippen LogP contribution in [0.15, 0.2) is 34.9 Å². The fourth-order valence-electron chi connectivity index (χ4n) is 4.28. The molecule has 1 aromatic carbocycles. The third-order valence-corrected chi connectivity index (χ3v) is 5.78. The molecule has 2 heterocycles. The van der Waals surface area contributed by atoms with Crippen LogP contribution < -0.4 is 0 Å². The summed E-state index contributed by atoms with van der Waals surface area (Å²) < 4.78 is 10.6. The van der Waals surface area contributed by atoms with E-state index in [0.29, 0.717) is 43.1 Å². The minimum atomic E-state index is -0.655. The molecule has 156 valence electrons. The molecule has 29 heavy (non-hydrogen) atoms. The summed E-state index contributed by atoms with van der Waals surface area (Å²) in [4.78, 5) is 27.9. The minimum Gasteiger partial charge on any atom is -0.466 e. The van der Waals surface area contributed by atoms with Crippen LogP contribution in [0.3, 0.4) is 0 Å². The van der Waals surface area contributed by atoms with E-state index in [9.17, 15) is 9.59 Å². The van der Waals surface area contributed by atoms with Gasteiger partial charge in [0.1, 0.15) is 11.3 Å². The number of ether oxygens (including phenoxy) is 1. The highest BCUT2D eigenvalue weighted by Gasteiger charge is 2.44. The molecule has 1 atom stereocenters. The van der Waals surface area contributed by atoms with Gasteiger partial charge in [-0.25, -0.2) is 0 Å². The molecule has 1 aliphatic heterocycles. The van der Waals surface area contributed by atoms with E-state index in [0.717, 1.165) is 25.7 Å². The van der Waals surface area contributed by atoms with Crippen molar-refractivity contribution in [2.75, 3.05) is 19.7 Å². The molecule has 1 unspecified atom stereocenters. The number of aryl methyl sites for hydroxylation is 3. The zero-order valence-electron chi connectivity index (χ0n) is 17.6. The monoisotopic (exact) mass is 398 g/mol. The Morgan fingerprint density at radius 1 is 1.24 bits per heavy atom. The second-order valence-corrected chi connectivity index (χ2v) is 7.87. The molecule has 6 nitrogen and oxygen atoms in total. The van der Waals surface area contributed by atoms with Crippen molar-refractivity contribution in [2.24, 2.45) is 5.41 Å². The van der Waals surface area contributed by atoms with Crippen molar-refractivity contribution in [3.05, 3.63) is 52.9 Å². The number of esters is 1. The fourth-order valence-corrected chi connectivity index (χ4v) is 4.28. The van der Waals surface area contributed by atoms with Gasteiger partial charge in [-0.15, -0.1) is 0 Å². The van der Waals surface area contributed by atoms with Crippen molar-refractivity contribution in [3.8, 4) is 0 Å². The standard InChI is InChI=1S/C23H30N2O4/c1-4-28-22(27)23(13-8-12-19-10-6-5-7-11-19)14-9-15-25(16-23)21(26)20-17(2)24-29-18(20)3/h5-7,10-11H,4,8-9,12-16H2,1-3H3. The maximum atomic E-state index is 13.1. The number of hydrogen-bond donors (Lipinski definition) is 0. The summed E-state index contributed by atoms with van der Waals surface area (Å²) in [6.45, 7) is 6.69. The lowest BCUT2D eigenvalue weighted by Gasteiger charge is -2.41. The van der Waals surface area contributed by atoms with Gasteiger partial charge in [-0.2, -0.15) is 0 Å². The van der Waals surface area contributed by atoms with Gasteiger partial charge in [0.25, 0.3) is 5.91 Å². The van der Waals surface area contributed by atoms with Gasteiger partial charge in [-0.1, -0.05) is 35.5 Å². The number of carbonyl (C=O) groups is 2. The molecular formula is C23H30N2O4. The molecule has 0 aliphatic carbocycles. The molecule has 1 saturated heterocycles. The van der Waals surface area contributed by atoms with E-state index in [1.165, 1.54) is 5.56 Å². The van der Waals surface area contributed by atoms with Crippen LogP contribution in [0.1, 0.15) is 60.0 Å². The first-order chi connectivity index (χ1) is 14.0. The van der Waals surface area contributed by atoms with E-state index < -0.39 is 5.41 Å². The smallest absolute Gasteiger partial charge is 0.313 e. The Bertz CT molecular complexity index is 826. The number of aromatic nitrogens is 1. The number of benzene rings is 1. The Balaban J connectivity index is 1.76. The second-order valence-electron chi connectivity index (χ2n) is 7.87. The van der Waals surface area contributed by atoms with Gasteiger partial charge in [0.05, 0.1) is 17.7 Å². The topological polar surface area (TPSA) is 72.6 Å². The Kier molecular flexibility index (Phi) is 6.72. The van der Waals surface area contributed by atoms with E-state index in [-0.39, 0.29) is 11.9 Å². The van der Waals surface area contributed by atoms with E-state index in [4.69, 9.17) is 9.26 Å². The molecule has 1 aromatic heterocycles. The molecule has 0 radical (unpaired) electrons. The summed E-state index contributed by atoms with van der Waals surface area (Å²) in [7, 11) is 0. The van der Waals surface area contributed by atoms with Gasteiger partial charge in [-0.3, -0.25) is 9.59 Å². The number of piperidine rings is 1. The second kappa shape index (κ2) is 9.25. The van der Waals surface area contributed by atoms with Crippen molar-refractivity contribution >= 4 is 11.9 Å². The SMILES string of the molecule is CCOC(=O)C1(CCCc2ccccc2)CCCN(C(=O)c2c(C)noc2C)C1. The number of carbonyl (C=O) groups excluding carboxylic acids is 2. The van der Waals surface area contributed by atoms with Gasteiger partial charge in [0.2, 0.25) is 0 Å². The molecular weight excluding hydrogens is 368 g/mol. The molecule has 0 saturated carbocycles. The number of rotatable bonds is 7. The van der Waals surface area contributed by atoms with Gasteiger partial charge in [0.15, 0.2) is 0 Å². The van der Waals surface area contributed by atoms with Crippen LogP contribution in [-0.2, 0) is 16.0 Å². The average Bonchev–Trinajstić information content (AvgIpc) is 3.06. The van der Waals surface area contributed by atoms with Crippen LogP contribution in [0, 0.1) is 19.3 Å². The van der Waals surface area contributed by atoms with E-state index >= 15 is 0 Å². The fraction of sp³-hybridized carbons (Fsp3) is 0.522. The van der Waals surface area contributed by atoms with Gasteiger partial charge >= 0.3 is 5.97 Å². The highest BCUT2D eigenvalue weighted by Crippen LogP contribution is 2.37. The van der Waals surface area contributed by atoms with E-state index in [2.05, 4.69) is 17.3 Å². The Hall–Kier alpha value is -2.63. The van der Waals surface area contributed by atoms with E-state index in [1.807, 2.05) is 25.1 Å². The third kappa shape index (κ3) is 4.69. The first-order valence-corrected chi connectivity index (χ1v) is 10.4. The number of nitrogens with zero attached hydrogens (tertiary/aromatic N) is 2. The molecule has 0 N–H and O–H groups in total. The van der Waals surface area contributed by atoms with Crippen molar-refractivity contribution in [2.45, 2.75) is 52.9 Å². The minimum absolute atomic E-state index is 0.113. The largest absolute Gasteiger partial charge is 0.466 e. The summed E-state index contributed by atoms with van der Waals surface area (Å²) in [6.07, 6.45) is 3.99. The summed E-state index contributed by atoms with van der Waals surface area (Å²) >= 11 is 0. The molecule has 1 fully saturated rings. The zero-order chi connectivity index (χ0) is 20.9. The molecule has 0 bridgehead atoms. The van der Waals surface area contributed by atoms with Gasteiger partial charge in [-0.05, 0) is 58.4 Å². The summed E-state index contributed by atoms with van der Waals surface area (Å²) in [5, 5.41) is 3.90. The van der Waals surface area contributed by atoms with Crippen LogP contribution >= 0.6 is 0 Å². The Labute approximate surface area is 172 Å². The predicted octanol–water partition coefficient (Wildman–Crippen LogP) is 4.10. The zero-order valence-corrected chi connectivity index (χ0v) is 17.6. The highest BCUT2D eigenvalue weighted by molar-refractivity contribution is 5.96. The lowest BCUT2D eigenvalue weighted by molar-refractivity contribution is -0.159. The first kappa shape index (κ1) is 21.1. The van der Waals surface area contributed by atoms with E-state index in [1.54, 1.807) is 18.7 Å². The van der Waals surface area contributed by atoms with Crippen LogP contribution in [0.25, 0.3) is 0 Å². The molecule has 1 amide bonds. The van der Waals surface area contributed by atoms with Crippen molar-refractivity contribution < 1.29 is 18.8 Å². The summed E-state index contributed by atoms with van der Waals surface area (Å²) in [6, 6.07) is 10.3. The predicted molar refractivity (Wildman–Crippen MR) is 110 cm³/mol. The van der Waals surface area contributed by atoms with Crippen molar-refractivity contribution in [1.29, 1.82) is 0 Å². The maximum Gasteiger partial charge on any atom is 0.313 e. The number of hydrogen-bond acceptors (Lipinski definition) is 5. The molecule has 0 spiro atoms. The maximum absolute atomic E-state index is 13.1. The van der Waals surface area contributed by atoms with Crippen molar-refractivity contribution in [1.82, 2.24) is 10.1 Å². The Morgan fingerprint density at radius 3 is 2.66 bits per heavy atom. The van der Waals surface area contributed by atoms with Crippen LogP contribution in [0.4, 0.5) is 0 Å². The highest BCUT2D eigenvalue weighted by atomic mass is 16.5. The summed E-state index contributed by atoms with van der Waals surface area (Å²) in [5.74, 6) is 0.214. The molecule has 1 aliphatic rings. The molecule has 2 aromatic rings. The average molecular weight is 399 g/mol. The lowest BCUT2D eigenvalue weighted by Crippen LogP contribution is -2.50. The van der Waals surface area contributed by atoms with Crippen LogP contribution in [0.5, 0.6) is 0 Å².